The number of fused-ring (bicyclic) bond motifs is 1. The molecule has 3 aromatic rings. The molecule has 0 unspecified atom stereocenters. The molecule has 0 spiro atoms. The highest BCUT2D eigenvalue weighted by molar-refractivity contribution is 7.99. The summed E-state index contributed by atoms with van der Waals surface area (Å²) in [6.07, 6.45) is 10.1. The molecular formula is C22H17Cl4N3OS2. The number of nitrogens with one attached hydrogen (secondary N) is 1. The molecule has 2 aromatic heterocycles. The Morgan fingerprint density at radius 3 is 2.78 bits per heavy atom. The van der Waals surface area contributed by atoms with Gasteiger partial charge in [0.25, 0.3) is 5.91 Å². The van der Waals surface area contributed by atoms with Gasteiger partial charge in [-0.1, -0.05) is 64.6 Å². The Morgan fingerprint density at radius 1 is 1.19 bits per heavy atom. The van der Waals surface area contributed by atoms with Crippen molar-refractivity contribution in [1.82, 2.24) is 14.5 Å². The first-order valence-electron chi connectivity index (χ1n) is 9.68. The number of rotatable bonds is 6. The third-order valence-corrected chi connectivity index (χ3v) is 8.24. The van der Waals surface area contributed by atoms with E-state index in [0.29, 0.717) is 25.9 Å². The summed E-state index contributed by atoms with van der Waals surface area (Å²) < 4.78 is 6.05. The smallest absolute Gasteiger partial charge is 0.254 e. The first kappa shape index (κ1) is 23.7. The van der Waals surface area contributed by atoms with Gasteiger partial charge in [-0.3, -0.25) is 14.2 Å². The number of benzene rings is 1. The van der Waals surface area contributed by atoms with E-state index in [1.165, 1.54) is 34.9 Å². The van der Waals surface area contributed by atoms with E-state index in [2.05, 4.69) is 9.82 Å². The second-order valence-corrected chi connectivity index (χ2v) is 11.1. The highest BCUT2D eigenvalue weighted by Crippen LogP contribution is 2.36. The monoisotopic (exact) mass is 543 g/mol. The maximum absolute atomic E-state index is 12.2. The van der Waals surface area contributed by atoms with Gasteiger partial charge in [0.1, 0.15) is 4.34 Å². The third kappa shape index (κ3) is 5.74. The van der Waals surface area contributed by atoms with Crippen molar-refractivity contribution in [2.45, 2.75) is 30.0 Å². The van der Waals surface area contributed by atoms with Crippen molar-refractivity contribution in [2.75, 3.05) is 0 Å². The van der Waals surface area contributed by atoms with Gasteiger partial charge in [0.15, 0.2) is 0 Å². The van der Waals surface area contributed by atoms with Gasteiger partial charge in [-0.05, 0) is 66.1 Å². The molecule has 2 heterocycles. The third-order valence-electron chi connectivity index (χ3n) is 4.87. The van der Waals surface area contributed by atoms with E-state index in [0.717, 1.165) is 40.3 Å². The number of hydrogen-bond donors (Lipinski definition) is 1. The number of amides is 1. The molecule has 10 heteroatoms. The molecule has 166 valence electrons. The number of carbonyl (C=O) groups is 1. The number of halogens is 4. The molecule has 4 rings (SSSR count). The fourth-order valence-electron chi connectivity index (χ4n) is 3.42. The molecule has 1 aliphatic rings. The van der Waals surface area contributed by atoms with Crippen LogP contribution in [0.15, 0.2) is 52.9 Å². The highest BCUT2D eigenvalue weighted by atomic mass is 35.5. The molecule has 0 fully saturated rings. The van der Waals surface area contributed by atoms with Gasteiger partial charge in [-0.2, -0.15) is 5.10 Å². The number of aryl methyl sites for hydroxylation is 1. The summed E-state index contributed by atoms with van der Waals surface area (Å²) >= 11 is 26.8. The molecule has 0 bridgehead atoms. The minimum absolute atomic E-state index is 0.218. The Balaban J connectivity index is 1.46. The van der Waals surface area contributed by atoms with Crippen LogP contribution in [0.3, 0.4) is 0 Å². The van der Waals surface area contributed by atoms with Crippen LogP contribution >= 0.6 is 69.7 Å². The second kappa shape index (κ2) is 10.7. The molecule has 0 radical (unpaired) electrons. The minimum atomic E-state index is -0.218. The zero-order valence-corrected chi connectivity index (χ0v) is 21.2. The molecule has 1 aliphatic carbocycles. The fraction of sp³-hybridized carbons (Fsp3) is 0.182. The van der Waals surface area contributed by atoms with E-state index < -0.39 is 0 Å². The number of nitrogens with zero attached hydrogens (tertiary/aromatic N) is 2. The Morgan fingerprint density at radius 2 is 2.03 bits per heavy atom. The van der Waals surface area contributed by atoms with Crippen LogP contribution in [0.4, 0.5) is 0 Å². The Kier molecular flexibility index (Phi) is 7.92. The van der Waals surface area contributed by atoms with Crippen molar-refractivity contribution in [1.29, 1.82) is 0 Å². The second-order valence-electron chi connectivity index (χ2n) is 7.07. The van der Waals surface area contributed by atoms with Crippen LogP contribution in [0, 0.1) is 0 Å². The number of aromatic nitrogens is 2. The van der Waals surface area contributed by atoms with E-state index in [1.807, 2.05) is 29.1 Å². The van der Waals surface area contributed by atoms with Gasteiger partial charge in [0, 0.05) is 16.1 Å². The van der Waals surface area contributed by atoms with Crippen molar-refractivity contribution in [3.8, 4) is 0 Å². The Hall–Kier alpha value is -1.41. The molecule has 0 saturated carbocycles. The number of hydrogen-bond acceptors (Lipinski definition) is 4. The van der Waals surface area contributed by atoms with Crippen LogP contribution in [0.25, 0.3) is 5.57 Å². The van der Waals surface area contributed by atoms with Crippen molar-refractivity contribution < 1.29 is 4.79 Å². The molecule has 1 N–H and O–H groups in total. The normalized spacial score (nSPS) is 14.8. The molecule has 0 atom stereocenters. The standard InChI is InChI=1S/C22H17Cl4N3OS2/c23-16-8-7-15(17(24)9-16)12-29-21-13(3-1-5-14(21)11-27-29)4-2-6-19(30)28-32-20-10-18(25)22(26)31-20/h2,4,6-11H,1,3,5,12H2,(H,28,30)/b6-2+,13-4+. The molecule has 1 aromatic carbocycles. The maximum atomic E-state index is 12.2. The molecule has 32 heavy (non-hydrogen) atoms. The van der Waals surface area contributed by atoms with Crippen LogP contribution in [-0.2, 0) is 17.8 Å². The lowest BCUT2D eigenvalue weighted by molar-refractivity contribution is -0.114. The minimum Gasteiger partial charge on any atom is -0.292 e. The molecule has 4 nitrogen and oxygen atoms in total. The summed E-state index contributed by atoms with van der Waals surface area (Å²) in [7, 11) is 0. The zero-order valence-electron chi connectivity index (χ0n) is 16.6. The van der Waals surface area contributed by atoms with E-state index >= 15 is 0 Å². The van der Waals surface area contributed by atoms with Crippen LogP contribution in [0.2, 0.25) is 19.4 Å². The molecule has 1 amide bonds. The summed E-state index contributed by atoms with van der Waals surface area (Å²) in [6.45, 7) is 0.551. The Bertz CT molecular complexity index is 1200. The predicted octanol–water partition coefficient (Wildman–Crippen LogP) is 7.71. The van der Waals surface area contributed by atoms with Gasteiger partial charge in [-0.15, -0.1) is 11.3 Å². The number of allylic oxidation sites excluding steroid dienone is 3. The molecule has 0 saturated heterocycles. The van der Waals surface area contributed by atoms with Crippen LogP contribution in [0.1, 0.15) is 29.7 Å². The highest BCUT2D eigenvalue weighted by Gasteiger charge is 2.20. The average molecular weight is 545 g/mol. The first-order chi connectivity index (χ1) is 15.4. The largest absolute Gasteiger partial charge is 0.292 e. The summed E-state index contributed by atoms with van der Waals surface area (Å²) in [6, 6.07) is 7.21. The van der Waals surface area contributed by atoms with Crippen LogP contribution in [-0.4, -0.2) is 15.7 Å². The van der Waals surface area contributed by atoms with Crippen molar-refractivity contribution in [2.24, 2.45) is 0 Å². The maximum Gasteiger partial charge on any atom is 0.254 e. The SMILES string of the molecule is O=C(/C=C/C=C1\CCCc2cnn(Cc3ccc(Cl)cc3Cl)c21)NSc1cc(Cl)c(Cl)s1. The van der Waals surface area contributed by atoms with Gasteiger partial charge in [0.05, 0.1) is 27.7 Å². The molecular weight excluding hydrogens is 528 g/mol. The van der Waals surface area contributed by atoms with Crippen LogP contribution < -0.4 is 4.72 Å². The summed E-state index contributed by atoms with van der Waals surface area (Å²) in [5, 5.41) is 6.29. The number of thiophene rings is 1. The summed E-state index contributed by atoms with van der Waals surface area (Å²) in [5.74, 6) is -0.218. The predicted molar refractivity (Wildman–Crippen MR) is 136 cm³/mol. The van der Waals surface area contributed by atoms with E-state index in [4.69, 9.17) is 46.4 Å². The van der Waals surface area contributed by atoms with Crippen molar-refractivity contribution >= 4 is 81.2 Å². The van der Waals surface area contributed by atoms with Crippen LogP contribution in [0.5, 0.6) is 0 Å². The van der Waals surface area contributed by atoms with E-state index in [9.17, 15) is 4.79 Å². The summed E-state index contributed by atoms with van der Waals surface area (Å²) in [4.78, 5) is 12.2. The Labute approximate surface area is 214 Å². The van der Waals surface area contributed by atoms with Gasteiger partial charge in [0.2, 0.25) is 0 Å². The van der Waals surface area contributed by atoms with E-state index in [-0.39, 0.29) is 5.91 Å². The van der Waals surface area contributed by atoms with Gasteiger partial charge >= 0.3 is 0 Å². The summed E-state index contributed by atoms with van der Waals surface area (Å²) in [5.41, 5.74) is 4.38. The van der Waals surface area contributed by atoms with Gasteiger partial charge in [-0.25, -0.2) is 0 Å². The van der Waals surface area contributed by atoms with Gasteiger partial charge < -0.3 is 0 Å². The van der Waals surface area contributed by atoms with Crippen molar-refractivity contribution in [3.63, 3.8) is 0 Å². The van der Waals surface area contributed by atoms with E-state index in [1.54, 1.807) is 18.2 Å². The lowest BCUT2D eigenvalue weighted by Gasteiger charge is -2.18. The topological polar surface area (TPSA) is 46.9 Å². The zero-order chi connectivity index (χ0) is 22.7. The quantitative estimate of drug-likeness (QED) is 0.255. The first-order valence-corrected chi connectivity index (χ1v) is 12.8. The lowest BCUT2D eigenvalue weighted by atomic mass is 9.92. The number of carbonyl (C=O) groups excluding carboxylic acids is 1. The fourth-order valence-corrected chi connectivity index (χ4v) is 6.18. The van der Waals surface area contributed by atoms with Crippen molar-refractivity contribution in [3.05, 3.63) is 84.9 Å². The average Bonchev–Trinajstić information content (AvgIpc) is 3.32. The lowest BCUT2D eigenvalue weighted by Crippen LogP contribution is -2.11. The molecule has 0 aliphatic heterocycles.